The molecule has 0 aromatic heterocycles. The molecule has 2 aromatic rings. The van der Waals surface area contributed by atoms with Gasteiger partial charge in [-0.2, -0.15) is 24.1 Å². The minimum absolute atomic E-state index is 0. The first-order valence-electron chi connectivity index (χ1n) is 4.70. The Kier molecular flexibility index (Phi) is 5.16. The second-order valence-corrected chi connectivity index (χ2v) is 3.26. The van der Waals surface area contributed by atoms with Crippen molar-refractivity contribution < 1.29 is 56.1 Å². The van der Waals surface area contributed by atoms with Crippen molar-refractivity contribution in [1.29, 1.82) is 0 Å². The normalized spacial score (nSPS) is 9.47. The molecule has 2 aromatic carbocycles. The smallest absolute Gasteiger partial charge is 0.497 e. The molecule has 0 amide bonds. The maximum absolute atomic E-state index is 5.17. The number of ether oxygens (including phenoxy) is 1. The fraction of sp³-hybridized carbons (Fsp3) is 0.154. The van der Waals surface area contributed by atoms with Crippen LogP contribution in [0.25, 0.3) is 10.8 Å². The molecule has 1 nitrogen and oxygen atoms in total. The Morgan fingerprint density at radius 1 is 1.00 bits per heavy atom. The molecule has 15 heavy (non-hydrogen) atoms. The van der Waals surface area contributed by atoms with Crippen LogP contribution in [-0.4, -0.2) is 7.11 Å². The summed E-state index contributed by atoms with van der Waals surface area (Å²) in [7, 11) is 1.69. The first kappa shape index (κ1) is 13.1. The third-order valence-electron chi connectivity index (χ3n) is 2.40. The number of hydrogen-bond donors (Lipinski definition) is 0. The number of methoxy groups -OCH3 is 1. The van der Waals surface area contributed by atoms with Crippen LogP contribution in [0.3, 0.4) is 0 Å². The van der Waals surface area contributed by atoms with Gasteiger partial charge in [0.05, 0.1) is 7.11 Å². The van der Waals surface area contributed by atoms with Crippen LogP contribution in [-0.2, 0) is 0 Å². The van der Waals surface area contributed by atoms with Gasteiger partial charge in [0, 0.05) is 0 Å². The van der Waals surface area contributed by atoms with Gasteiger partial charge in [-0.15, -0.1) is 6.07 Å². The zero-order valence-electron chi connectivity index (χ0n) is 9.45. The minimum atomic E-state index is 0. The van der Waals surface area contributed by atoms with Crippen LogP contribution in [0.15, 0.2) is 36.4 Å². The average Bonchev–Trinajstić information content (AvgIpc) is 2.27. The molecule has 0 heterocycles. The van der Waals surface area contributed by atoms with E-state index in [1.54, 1.807) is 7.11 Å². The fourth-order valence-electron chi connectivity index (χ4n) is 1.55. The molecule has 0 saturated carbocycles. The Hall–Kier alpha value is 0.00636. The second kappa shape index (κ2) is 5.92. The summed E-state index contributed by atoms with van der Waals surface area (Å²) >= 11 is 0. The fourth-order valence-corrected chi connectivity index (χ4v) is 1.55. The predicted molar refractivity (Wildman–Crippen MR) is 59.6 cm³/mol. The van der Waals surface area contributed by atoms with Crippen molar-refractivity contribution in [2.45, 2.75) is 6.92 Å². The van der Waals surface area contributed by atoms with Crippen molar-refractivity contribution in [1.82, 2.24) is 0 Å². The average molecular weight is 224 g/mol. The van der Waals surface area contributed by atoms with E-state index in [4.69, 9.17) is 4.74 Å². The third kappa shape index (κ3) is 2.99. The summed E-state index contributed by atoms with van der Waals surface area (Å²) in [5.41, 5.74) is 1.25. The van der Waals surface area contributed by atoms with E-state index in [2.05, 4.69) is 36.8 Å². The molecule has 0 aliphatic carbocycles. The van der Waals surface area contributed by atoms with Gasteiger partial charge in [0.1, 0.15) is 5.75 Å². The second-order valence-electron chi connectivity index (χ2n) is 3.26. The van der Waals surface area contributed by atoms with Gasteiger partial charge in [-0.05, 0) is 17.5 Å². The van der Waals surface area contributed by atoms with E-state index in [1.165, 1.54) is 16.3 Å². The quantitative estimate of drug-likeness (QED) is 0.531. The van der Waals surface area contributed by atoms with Crippen molar-refractivity contribution in [3.05, 3.63) is 48.4 Å². The van der Waals surface area contributed by atoms with Gasteiger partial charge < -0.3 is 4.74 Å². The molecule has 72 valence electrons. The van der Waals surface area contributed by atoms with Crippen LogP contribution in [0.1, 0.15) is 12.5 Å². The molecule has 0 spiro atoms. The summed E-state index contributed by atoms with van der Waals surface area (Å²) in [5.74, 6) is 0.908. The van der Waals surface area contributed by atoms with Gasteiger partial charge in [0.2, 0.25) is 0 Å². The first-order valence-corrected chi connectivity index (χ1v) is 4.70. The molecule has 2 heteroatoms. The zero-order valence-corrected chi connectivity index (χ0v) is 12.6. The number of fused-ring (bicyclic) bond motifs is 1. The van der Waals surface area contributed by atoms with E-state index < -0.39 is 0 Å². The van der Waals surface area contributed by atoms with Crippen LogP contribution < -0.4 is 56.1 Å². The van der Waals surface area contributed by atoms with Gasteiger partial charge in [0.25, 0.3) is 0 Å². The standard InChI is InChI=1S/C13H13O.K/c1-3-10-4-5-12-9-13(14-2)7-6-11(12)8-10;/h3-9H,1-2H3;/q-1;+1. The number of rotatable bonds is 2. The summed E-state index contributed by atoms with van der Waals surface area (Å²) in [4.78, 5) is 0. The van der Waals surface area contributed by atoms with Crippen LogP contribution in [0.4, 0.5) is 0 Å². The summed E-state index contributed by atoms with van der Waals surface area (Å²) in [6, 6.07) is 12.5. The third-order valence-corrected chi connectivity index (χ3v) is 2.40. The topological polar surface area (TPSA) is 9.23 Å². The molecule has 0 aliphatic heterocycles. The van der Waals surface area contributed by atoms with E-state index in [9.17, 15) is 0 Å². The Morgan fingerprint density at radius 2 is 1.67 bits per heavy atom. The summed E-state index contributed by atoms with van der Waals surface area (Å²) in [6.45, 7) is 2.05. The van der Waals surface area contributed by atoms with Gasteiger partial charge in [-0.3, -0.25) is 0 Å². The van der Waals surface area contributed by atoms with Crippen LogP contribution in [0.5, 0.6) is 5.75 Å². The van der Waals surface area contributed by atoms with Crippen LogP contribution in [0, 0.1) is 6.42 Å². The Bertz CT molecular complexity index is 408. The molecular formula is C13H13KO. The largest absolute Gasteiger partial charge is 1.00 e. The van der Waals surface area contributed by atoms with Crippen molar-refractivity contribution in [2.24, 2.45) is 0 Å². The van der Waals surface area contributed by atoms with Gasteiger partial charge in [0.15, 0.2) is 0 Å². The molecular weight excluding hydrogens is 211 g/mol. The molecule has 0 N–H and O–H groups in total. The van der Waals surface area contributed by atoms with E-state index in [0.717, 1.165) is 5.75 Å². The number of hydrogen-bond acceptors (Lipinski definition) is 1. The summed E-state index contributed by atoms with van der Waals surface area (Å²) < 4.78 is 5.17. The van der Waals surface area contributed by atoms with Crippen LogP contribution in [0.2, 0.25) is 0 Å². The minimum Gasteiger partial charge on any atom is -0.497 e. The Balaban J connectivity index is 0.00000112. The molecule has 2 rings (SSSR count). The zero-order chi connectivity index (χ0) is 9.97. The van der Waals surface area contributed by atoms with Crippen molar-refractivity contribution >= 4 is 10.8 Å². The van der Waals surface area contributed by atoms with Crippen molar-refractivity contribution in [3.8, 4) is 5.75 Å². The maximum atomic E-state index is 5.17. The van der Waals surface area contributed by atoms with E-state index >= 15 is 0 Å². The molecule has 0 atom stereocenters. The van der Waals surface area contributed by atoms with E-state index in [-0.39, 0.29) is 51.4 Å². The molecule has 0 bridgehead atoms. The molecule has 0 fully saturated rings. The van der Waals surface area contributed by atoms with Gasteiger partial charge in [-0.1, -0.05) is 18.4 Å². The molecule has 0 unspecified atom stereocenters. The van der Waals surface area contributed by atoms with E-state index in [1.807, 2.05) is 13.0 Å². The Labute approximate surface area is 133 Å². The number of benzene rings is 2. The van der Waals surface area contributed by atoms with Gasteiger partial charge in [-0.25, -0.2) is 0 Å². The van der Waals surface area contributed by atoms with E-state index in [0.29, 0.717) is 0 Å². The molecule has 0 aliphatic rings. The van der Waals surface area contributed by atoms with Gasteiger partial charge >= 0.3 is 51.4 Å². The molecule has 0 radical (unpaired) electrons. The predicted octanol–water partition coefficient (Wildman–Crippen LogP) is 0.425. The summed E-state index contributed by atoms with van der Waals surface area (Å²) in [5, 5.41) is 2.47. The van der Waals surface area contributed by atoms with Crippen molar-refractivity contribution in [2.75, 3.05) is 7.11 Å². The van der Waals surface area contributed by atoms with Crippen molar-refractivity contribution in [3.63, 3.8) is 0 Å². The first-order chi connectivity index (χ1) is 6.83. The maximum Gasteiger partial charge on any atom is 1.00 e. The SMILES string of the molecule is C[CH-]c1ccc2cc(OC)ccc2c1.[K+]. The Morgan fingerprint density at radius 3 is 2.33 bits per heavy atom. The van der Waals surface area contributed by atoms with Crippen LogP contribution >= 0.6 is 0 Å². The molecule has 0 saturated heterocycles. The monoisotopic (exact) mass is 224 g/mol. The summed E-state index contributed by atoms with van der Waals surface area (Å²) in [6.07, 6.45) is 2.10.